The van der Waals surface area contributed by atoms with Crippen LogP contribution in [0.5, 0.6) is 5.88 Å². The molecule has 2 saturated heterocycles. The van der Waals surface area contributed by atoms with Gasteiger partial charge in [0.1, 0.15) is 17.4 Å². The van der Waals surface area contributed by atoms with E-state index in [1.165, 1.54) is 6.07 Å². The second kappa shape index (κ2) is 10.4. The first-order valence-corrected chi connectivity index (χ1v) is 12.1. The van der Waals surface area contributed by atoms with Gasteiger partial charge in [0.15, 0.2) is 5.69 Å². The van der Waals surface area contributed by atoms with E-state index >= 15 is 0 Å². The number of amides is 1. The van der Waals surface area contributed by atoms with Gasteiger partial charge < -0.3 is 29.2 Å². The first-order valence-electron chi connectivity index (χ1n) is 12.1. The van der Waals surface area contributed by atoms with Crippen molar-refractivity contribution in [1.29, 1.82) is 0 Å². The fourth-order valence-electron chi connectivity index (χ4n) is 5.03. The van der Waals surface area contributed by atoms with Gasteiger partial charge in [-0.05, 0) is 48.9 Å². The lowest BCUT2D eigenvalue weighted by Crippen LogP contribution is -2.65. The van der Waals surface area contributed by atoms with E-state index < -0.39 is 23.9 Å². The van der Waals surface area contributed by atoms with Crippen LogP contribution >= 0.6 is 0 Å². The van der Waals surface area contributed by atoms with E-state index in [9.17, 15) is 23.5 Å². The van der Waals surface area contributed by atoms with Gasteiger partial charge in [0, 0.05) is 32.0 Å². The van der Waals surface area contributed by atoms with E-state index in [0.717, 1.165) is 30.2 Å². The Balaban J connectivity index is 1.51. The normalized spacial score (nSPS) is 17.2. The van der Waals surface area contributed by atoms with E-state index in [1.54, 1.807) is 17.9 Å². The third-order valence-electron chi connectivity index (χ3n) is 6.92. The number of aromatic nitrogens is 2. The highest BCUT2D eigenvalue weighted by Gasteiger charge is 2.53. The molecule has 1 amide bonds. The van der Waals surface area contributed by atoms with Gasteiger partial charge in [0.25, 0.3) is 6.01 Å². The average molecular weight is 529 g/mol. The van der Waals surface area contributed by atoms with Crippen LogP contribution in [0, 0.1) is 6.92 Å². The summed E-state index contributed by atoms with van der Waals surface area (Å²) < 4.78 is 41.5. The Bertz CT molecular complexity index is 1330. The van der Waals surface area contributed by atoms with Gasteiger partial charge in [0.2, 0.25) is 11.8 Å². The molecule has 0 saturated carbocycles. The van der Waals surface area contributed by atoms with Crippen LogP contribution in [0.25, 0.3) is 0 Å². The number of halogens is 2. The topological polar surface area (TPSA) is 127 Å². The number of anilines is 2. The zero-order valence-corrected chi connectivity index (χ0v) is 20.5. The van der Waals surface area contributed by atoms with Gasteiger partial charge in [-0.15, -0.1) is 0 Å². The molecule has 1 aromatic carbocycles. The van der Waals surface area contributed by atoms with Crippen molar-refractivity contribution in [3.63, 3.8) is 0 Å². The molecule has 2 N–H and O–H groups in total. The molecule has 10 nitrogen and oxygen atoms in total. The van der Waals surface area contributed by atoms with E-state index in [1.807, 2.05) is 24.3 Å². The zero-order chi connectivity index (χ0) is 26.9. The number of nitrogens with one attached hydrogen (secondary N) is 1. The third kappa shape index (κ3) is 4.91. The summed E-state index contributed by atoms with van der Waals surface area (Å²) in [6.07, 6.45) is 2.64. The van der Waals surface area contributed by atoms with Gasteiger partial charge in [-0.1, -0.05) is 24.3 Å². The molecular formula is C26H26F2N4O6. The summed E-state index contributed by atoms with van der Waals surface area (Å²) in [4.78, 5) is 34.9. The van der Waals surface area contributed by atoms with Crippen LogP contribution in [0.1, 0.15) is 46.1 Å². The highest BCUT2D eigenvalue weighted by atomic mass is 19.3. The fraction of sp³-hybridized carbons (Fsp3) is 0.385. The molecule has 0 radical (unpaired) electrons. The molecule has 0 bridgehead atoms. The lowest BCUT2D eigenvalue weighted by Gasteiger charge is -2.49. The van der Waals surface area contributed by atoms with Crippen LogP contribution in [-0.2, 0) is 14.9 Å². The van der Waals surface area contributed by atoms with E-state index in [0.29, 0.717) is 18.9 Å². The number of ether oxygens (including phenoxy) is 2. The minimum absolute atomic E-state index is 0.0200. The van der Waals surface area contributed by atoms with Gasteiger partial charge in [-0.2, -0.15) is 13.8 Å². The number of carbonyl (C=O) groups excluding carboxylic acids is 1. The maximum atomic E-state index is 14.0. The number of carboxylic acid groups (broad SMARTS) is 1. The number of aromatic carboxylic acids is 1. The second-order valence-corrected chi connectivity index (χ2v) is 9.37. The van der Waals surface area contributed by atoms with Crippen molar-refractivity contribution in [3.05, 3.63) is 65.2 Å². The lowest BCUT2D eigenvalue weighted by molar-refractivity contribution is -0.122. The number of hydrogen-bond donors (Lipinski definition) is 2. The lowest BCUT2D eigenvalue weighted by atomic mass is 9.69. The van der Waals surface area contributed by atoms with E-state index in [2.05, 4.69) is 20.0 Å². The molecule has 200 valence electrons. The second-order valence-electron chi connectivity index (χ2n) is 9.37. The maximum absolute atomic E-state index is 14.0. The monoisotopic (exact) mass is 528 g/mol. The van der Waals surface area contributed by atoms with Crippen molar-refractivity contribution in [2.24, 2.45) is 0 Å². The number of hydrogen-bond acceptors (Lipinski definition) is 8. The Morgan fingerprint density at radius 1 is 1.16 bits per heavy atom. The SMILES string of the molecule is Cc1ccc(NC(=O)C2(c3ccccc3C3CCOCC3)CN(c3nc(C(=O)O)co3)C2)c(OC(F)F)n1. The smallest absolute Gasteiger partial charge is 0.388 e. The molecule has 4 heterocycles. The molecule has 0 spiro atoms. The minimum atomic E-state index is -3.11. The summed E-state index contributed by atoms with van der Waals surface area (Å²) in [6.45, 7) is -0.00688. The summed E-state index contributed by atoms with van der Waals surface area (Å²) >= 11 is 0. The van der Waals surface area contributed by atoms with Crippen LogP contribution in [0.3, 0.4) is 0 Å². The molecule has 2 aliphatic heterocycles. The van der Waals surface area contributed by atoms with Gasteiger partial charge in [0.05, 0.1) is 0 Å². The molecule has 3 aromatic rings. The van der Waals surface area contributed by atoms with Crippen molar-refractivity contribution < 1.29 is 37.4 Å². The Labute approximate surface area is 216 Å². The van der Waals surface area contributed by atoms with E-state index in [4.69, 9.17) is 9.15 Å². The fourth-order valence-corrected chi connectivity index (χ4v) is 5.03. The molecule has 2 aliphatic rings. The van der Waals surface area contributed by atoms with E-state index in [-0.39, 0.29) is 42.3 Å². The quantitative estimate of drug-likeness (QED) is 0.446. The average Bonchev–Trinajstić information content (AvgIpc) is 3.36. The van der Waals surface area contributed by atoms with Crippen LogP contribution in [-0.4, -0.2) is 59.9 Å². The molecule has 5 rings (SSSR count). The summed E-state index contributed by atoms with van der Waals surface area (Å²) in [5, 5.41) is 12.0. The van der Waals surface area contributed by atoms with Crippen molar-refractivity contribution in [1.82, 2.24) is 9.97 Å². The summed E-state index contributed by atoms with van der Waals surface area (Å²) in [6, 6.07) is 10.8. The molecule has 2 fully saturated rings. The third-order valence-corrected chi connectivity index (χ3v) is 6.92. The molecule has 38 heavy (non-hydrogen) atoms. The first-order chi connectivity index (χ1) is 18.3. The number of carbonyl (C=O) groups is 2. The number of benzene rings is 1. The molecule has 0 atom stereocenters. The van der Waals surface area contributed by atoms with Gasteiger partial charge in [-0.3, -0.25) is 4.79 Å². The summed E-state index contributed by atoms with van der Waals surface area (Å²) in [5.41, 5.74) is 0.916. The molecule has 0 aliphatic carbocycles. The Kier molecular flexibility index (Phi) is 6.98. The zero-order valence-electron chi connectivity index (χ0n) is 20.5. The van der Waals surface area contributed by atoms with Crippen LogP contribution in [0.15, 0.2) is 47.1 Å². The van der Waals surface area contributed by atoms with Crippen molar-refractivity contribution in [2.75, 3.05) is 36.5 Å². The van der Waals surface area contributed by atoms with Crippen LogP contribution in [0.4, 0.5) is 20.5 Å². The van der Waals surface area contributed by atoms with Gasteiger partial charge in [-0.25, -0.2) is 9.78 Å². The number of oxazole rings is 1. The summed E-state index contributed by atoms with van der Waals surface area (Å²) in [5.74, 6) is -1.87. The standard InChI is InChI=1S/C26H26F2N4O6/c1-15-6-7-19(21(29-15)38-24(27)28)30-23(35)26(13-32(14-26)25-31-20(12-37-25)22(33)34)18-5-3-2-4-17(18)16-8-10-36-11-9-16/h2-7,12,16,24H,8-11,13-14H2,1H3,(H,30,35)(H,33,34). The van der Waals surface area contributed by atoms with Crippen LogP contribution in [0.2, 0.25) is 0 Å². The number of pyridine rings is 1. The highest BCUT2D eigenvalue weighted by Crippen LogP contribution is 2.43. The highest BCUT2D eigenvalue weighted by molar-refractivity contribution is 6.02. The Morgan fingerprint density at radius 3 is 2.58 bits per heavy atom. The largest absolute Gasteiger partial charge is 0.476 e. The molecule has 0 unspecified atom stereocenters. The molecule has 12 heteroatoms. The Morgan fingerprint density at radius 2 is 1.89 bits per heavy atom. The van der Waals surface area contributed by atoms with Crippen molar-refractivity contribution >= 4 is 23.6 Å². The predicted molar refractivity (Wildman–Crippen MR) is 131 cm³/mol. The van der Waals surface area contributed by atoms with Crippen molar-refractivity contribution in [2.45, 2.75) is 37.7 Å². The van der Waals surface area contributed by atoms with Crippen LogP contribution < -0.4 is 15.0 Å². The van der Waals surface area contributed by atoms with Gasteiger partial charge >= 0.3 is 12.6 Å². The minimum Gasteiger partial charge on any atom is -0.476 e. The summed E-state index contributed by atoms with van der Waals surface area (Å²) in [7, 11) is 0. The number of alkyl halides is 2. The number of rotatable bonds is 8. The predicted octanol–water partition coefficient (Wildman–Crippen LogP) is 3.97. The number of aryl methyl sites for hydroxylation is 1. The Hall–Kier alpha value is -4.06. The number of carboxylic acids is 1. The molecule has 2 aromatic heterocycles. The number of nitrogens with zero attached hydrogens (tertiary/aromatic N) is 3. The molecular weight excluding hydrogens is 502 g/mol. The maximum Gasteiger partial charge on any atom is 0.388 e. The first kappa shape index (κ1) is 25.6. The van der Waals surface area contributed by atoms with Crippen molar-refractivity contribution in [3.8, 4) is 5.88 Å².